The first-order valence-corrected chi connectivity index (χ1v) is 5.75. The van der Waals surface area contributed by atoms with E-state index in [1.165, 1.54) is 13.2 Å². The van der Waals surface area contributed by atoms with Crippen LogP contribution in [0.15, 0.2) is 18.2 Å². The van der Waals surface area contributed by atoms with Gasteiger partial charge in [-0.3, -0.25) is 10.1 Å². The molecule has 0 saturated carbocycles. The Morgan fingerprint density at radius 1 is 1.44 bits per heavy atom. The second-order valence-electron chi connectivity index (χ2n) is 5.35. The Bertz CT molecular complexity index is 437. The highest BCUT2D eigenvalue weighted by Gasteiger charge is 2.23. The van der Waals surface area contributed by atoms with Gasteiger partial charge in [0.25, 0.3) is 0 Å². The number of nitro benzene ring substituents is 1. The SMILES string of the molecule is COc1cc(CC(O)C(C)(C)C)ccc1[N+](=O)[O-]. The van der Waals surface area contributed by atoms with Crippen molar-refractivity contribution in [3.05, 3.63) is 33.9 Å². The third kappa shape index (κ3) is 3.43. The zero-order valence-electron chi connectivity index (χ0n) is 11.1. The number of aliphatic hydroxyl groups is 1. The van der Waals surface area contributed by atoms with Crippen LogP contribution in [0.2, 0.25) is 0 Å². The molecule has 1 atom stereocenters. The third-order valence-corrected chi connectivity index (χ3v) is 2.87. The number of hydrogen-bond acceptors (Lipinski definition) is 4. The minimum absolute atomic E-state index is 0.0634. The maximum atomic E-state index is 10.7. The van der Waals surface area contributed by atoms with Gasteiger partial charge in [0.1, 0.15) is 0 Å². The quantitative estimate of drug-likeness (QED) is 0.661. The van der Waals surface area contributed by atoms with Gasteiger partial charge in [-0.15, -0.1) is 0 Å². The van der Waals surface area contributed by atoms with E-state index in [0.29, 0.717) is 6.42 Å². The third-order valence-electron chi connectivity index (χ3n) is 2.87. The fourth-order valence-electron chi connectivity index (χ4n) is 1.53. The zero-order valence-corrected chi connectivity index (χ0v) is 11.1. The summed E-state index contributed by atoms with van der Waals surface area (Å²) in [4.78, 5) is 10.3. The smallest absolute Gasteiger partial charge is 0.310 e. The molecule has 1 aromatic carbocycles. The van der Waals surface area contributed by atoms with Gasteiger partial charge >= 0.3 is 5.69 Å². The van der Waals surface area contributed by atoms with Crippen molar-refractivity contribution in [2.45, 2.75) is 33.3 Å². The molecule has 0 aromatic heterocycles. The molecule has 0 aliphatic rings. The van der Waals surface area contributed by atoms with Gasteiger partial charge in [-0.1, -0.05) is 26.8 Å². The Morgan fingerprint density at radius 3 is 2.50 bits per heavy atom. The lowest BCUT2D eigenvalue weighted by atomic mass is 9.85. The summed E-state index contributed by atoms with van der Waals surface area (Å²) in [5.41, 5.74) is 0.529. The molecule has 18 heavy (non-hydrogen) atoms. The van der Waals surface area contributed by atoms with Crippen molar-refractivity contribution in [1.82, 2.24) is 0 Å². The second kappa shape index (κ2) is 5.35. The first kappa shape index (κ1) is 14.4. The van der Waals surface area contributed by atoms with Gasteiger partial charge < -0.3 is 9.84 Å². The van der Waals surface area contributed by atoms with Crippen LogP contribution >= 0.6 is 0 Å². The summed E-state index contributed by atoms with van der Waals surface area (Å²) in [6, 6.07) is 4.66. The number of methoxy groups -OCH3 is 1. The van der Waals surface area contributed by atoms with Crippen LogP contribution in [0.25, 0.3) is 0 Å². The maximum Gasteiger partial charge on any atom is 0.310 e. The van der Waals surface area contributed by atoms with E-state index >= 15 is 0 Å². The summed E-state index contributed by atoms with van der Waals surface area (Å²) in [5, 5.41) is 20.8. The minimum atomic E-state index is -0.510. The van der Waals surface area contributed by atoms with Crippen molar-refractivity contribution in [2.24, 2.45) is 5.41 Å². The molecule has 0 spiro atoms. The Morgan fingerprint density at radius 2 is 2.06 bits per heavy atom. The van der Waals surface area contributed by atoms with Crippen LogP contribution in [0.1, 0.15) is 26.3 Å². The molecule has 100 valence electrons. The van der Waals surface area contributed by atoms with Gasteiger partial charge in [0.15, 0.2) is 5.75 Å². The standard InChI is InChI=1S/C13H19NO4/c1-13(2,3)12(15)8-9-5-6-10(14(16)17)11(7-9)18-4/h5-7,12,15H,8H2,1-4H3. The van der Waals surface area contributed by atoms with E-state index in [-0.39, 0.29) is 16.9 Å². The lowest BCUT2D eigenvalue weighted by Crippen LogP contribution is -2.28. The molecule has 0 saturated heterocycles. The van der Waals surface area contributed by atoms with Crippen molar-refractivity contribution in [1.29, 1.82) is 0 Å². The van der Waals surface area contributed by atoms with Gasteiger partial charge in [0, 0.05) is 6.07 Å². The van der Waals surface area contributed by atoms with Gasteiger partial charge in [-0.25, -0.2) is 0 Å². The van der Waals surface area contributed by atoms with Crippen molar-refractivity contribution in [2.75, 3.05) is 7.11 Å². The Labute approximate surface area is 107 Å². The van der Waals surface area contributed by atoms with Gasteiger partial charge in [-0.05, 0) is 23.5 Å². The highest BCUT2D eigenvalue weighted by atomic mass is 16.6. The molecule has 1 N–H and O–H groups in total. The van der Waals surface area contributed by atoms with Crippen LogP contribution in [-0.2, 0) is 6.42 Å². The monoisotopic (exact) mass is 253 g/mol. The Kier molecular flexibility index (Phi) is 4.29. The van der Waals surface area contributed by atoms with Crippen molar-refractivity contribution in [3.8, 4) is 5.75 Å². The van der Waals surface area contributed by atoms with Gasteiger partial charge in [-0.2, -0.15) is 0 Å². The molecule has 1 aromatic rings. The van der Waals surface area contributed by atoms with Crippen LogP contribution in [0.4, 0.5) is 5.69 Å². The topological polar surface area (TPSA) is 72.6 Å². The Balaban J connectivity index is 2.96. The highest BCUT2D eigenvalue weighted by molar-refractivity contribution is 5.48. The van der Waals surface area contributed by atoms with Crippen LogP contribution in [0.3, 0.4) is 0 Å². The minimum Gasteiger partial charge on any atom is -0.490 e. The fraction of sp³-hybridized carbons (Fsp3) is 0.538. The van der Waals surface area contributed by atoms with E-state index in [4.69, 9.17) is 4.74 Å². The lowest BCUT2D eigenvalue weighted by molar-refractivity contribution is -0.385. The van der Waals surface area contributed by atoms with Crippen molar-refractivity contribution in [3.63, 3.8) is 0 Å². The zero-order chi connectivity index (χ0) is 13.9. The summed E-state index contributed by atoms with van der Waals surface area (Å²) in [7, 11) is 1.40. The molecule has 0 aliphatic carbocycles. The number of nitro groups is 1. The second-order valence-corrected chi connectivity index (χ2v) is 5.35. The molecule has 0 fully saturated rings. The number of rotatable bonds is 4. The summed E-state index contributed by atoms with van der Waals surface area (Å²) >= 11 is 0. The average molecular weight is 253 g/mol. The van der Waals surface area contributed by atoms with Crippen LogP contribution in [0, 0.1) is 15.5 Å². The summed E-state index contributed by atoms with van der Waals surface area (Å²) < 4.78 is 4.99. The molecule has 0 bridgehead atoms. The van der Waals surface area contributed by atoms with Gasteiger partial charge in [0.2, 0.25) is 0 Å². The summed E-state index contributed by atoms with van der Waals surface area (Å²) in [5.74, 6) is 0.221. The molecule has 0 aliphatic heterocycles. The molecular formula is C13H19NO4. The Hall–Kier alpha value is -1.62. The molecule has 5 nitrogen and oxygen atoms in total. The summed E-state index contributed by atoms with van der Waals surface area (Å²) in [6.07, 6.45) is -0.0682. The summed E-state index contributed by atoms with van der Waals surface area (Å²) in [6.45, 7) is 5.83. The number of nitrogens with zero attached hydrogens (tertiary/aromatic N) is 1. The predicted octanol–water partition coefficient (Wildman–Crippen LogP) is 2.55. The molecular weight excluding hydrogens is 234 g/mol. The maximum absolute atomic E-state index is 10.7. The van der Waals surface area contributed by atoms with E-state index in [9.17, 15) is 15.2 Å². The van der Waals surface area contributed by atoms with Crippen LogP contribution in [0.5, 0.6) is 5.75 Å². The van der Waals surface area contributed by atoms with E-state index < -0.39 is 11.0 Å². The number of hydrogen-bond donors (Lipinski definition) is 1. The van der Waals surface area contributed by atoms with Crippen molar-refractivity contribution < 1.29 is 14.8 Å². The number of aliphatic hydroxyl groups excluding tert-OH is 1. The molecule has 1 rings (SSSR count). The first-order chi connectivity index (χ1) is 8.25. The fourth-order valence-corrected chi connectivity index (χ4v) is 1.53. The van der Waals surface area contributed by atoms with Crippen LogP contribution in [-0.4, -0.2) is 23.2 Å². The molecule has 0 radical (unpaired) electrons. The average Bonchev–Trinajstić information content (AvgIpc) is 2.27. The number of benzene rings is 1. The molecule has 0 amide bonds. The van der Waals surface area contributed by atoms with Gasteiger partial charge in [0.05, 0.1) is 18.1 Å². The molecule has 1 unspecified atom stereocenters. The normalized spacial score (nSPS) is 13.2. The van der Waals surface area contributed by atoms with Crippen LogP contribution < -0.4 is 4.74 Å². The first-order valence-electron chi connectivity index (χ1n) is 5.75. The van der Waals surface area contributed by atoms with E-state index in [1.807, 2.05) is 20.8 Å². The van der Waals surface area contributed by atoms with E-state index in [1.54, 1.807) is 12.1 Å². The predicted molar refractivity (Wildman–Crippen MR) is 68.8 cm³/mol. The largest absolute Gasteiger partial charge is 0.490 e. The molecule has 0 heterocycles. The lowest BCUT2D eigenvalue weighted by Gasteiger charge is -2.25. The highest BCUT2D eigenvalue weighted by Crippen LogP contribution is 2.29. The van der Waals surface area contributed by atoms with Crippen molar-refractivity contribution >= 4 is 5.69 Å². The van der Waals surface area contributed by atoms with E-state index in [0.717, 1.165) is 5.56 Å². The molecule has 5 heteroatoms. The van der Waals surface area contributed by atoms with E-state index in [2.05, 4.69) is 0 Å². The number of ether oxygens (including phenoxy) is 1.